The van der Waals surface area contributed by atoms with Gasteiger partial charge in [0.15, 0.2) is 0 Å². The lowest BCUT2D eigenvalue weighted by molar-refractivity contribution is -0.0690. The van der Waals surface area contributed by atoms with Crippen LogP contribution in [0.25, 0.3) is 0 Å². The highest BCUT2D eigenvalue weighted by Crippen LogP contribution is 2.14. The predicted octanol–water partition coefficient (Wildman–Crippen LogP) is 2.76. The molecule has 0 aliphatic heterocycles. The third-order valence-electron chi connectivity index (χ3n) is 1.38. The predicted molar refractivity (Wildman–Crippen MR) is 45.3 cm³/mol. The normalized spacial score (nSPS) is 12.9. The highest BCUT2D eigenvalue weighted by molar-refractivity contribution is 6.17. The zero-order valence-corrected chi connectivity index (χ0v) is 7.72. The lowest BCUT2D eigenvalue weighted by Crippen LogP contribution is -2.19. The van der Waals surface area contributed by atoms with Crippen LogP contribution in [0.2, 0.25) is 0 Å². The Morgan fingerprint density at radius 1 is 1.36 bits per heavy atom. The molecule has 0 saturated carbocycles. The molecule has 1 heterocycles. The van der Waals surface area contributed by atoms with Gasteiger partial charge in [-0.05, 0) is 5.56 Å². The van der Waals surface area contributed by atoms with Gasteiger partial charge in [-0.2, -0.15) is 4.39 Å². The molecule has 0 radical (unpaired) electrons. The summed E-state index contributed by atoms with van der Waals surface area (Å²) in [5.74, 6) is 0.0629. The quantitative estimate of drug-likeness (QED) is 0.735. The Kier molecular flexibility index (Phi) is 4.00. The Balaban J connectivity index is 2.59. The molecule has 0 aliphatic rings. The fourth-order valence-electron chi connectivity index (χ4n) is 0.726. The largest absolute Gasteiger partial charge is 0.437 e. The van der Waals surface area contributed by atoms with Crippen molar-refractivity contribution < 1.29 is 17.9 Å². The van der Waals surface area contributed by atoms with Crippen molar-refractivity contribution in [2.45, 2.75) is 18.7 Å². The lowest BCUT2D eigenvalue weighted by Gasteiger charge is -2.08. The standard InChI is InChI=1S/C8H7ClF3NO/c9-3-5-1-2-6(13-4-5)14-8(12)7(10)11/h1-2,4,7-8H,3H2. The van der Waals surface area contributed by atoms with Gasteiger partial charge in [0.1, 0.15) is 0 Å². The molecule has 0 aliphatic carbocycles. The van der Waals surface area contributed by atoms with E-state index >= 15 is 0 Å². The van der Waals surface area contributed by atoms with Crippen LogP contribution in [-0.4, -0.2) is 17.8 Å². The van der Waals surface area contributed by atoms with Crippen LogP contribution >= 0.6 is 11.6 Å². The minimum atomic E-state index is -3.18. The third-order valence-corrected chi connectivity index (χ3v) is 1.69. The molecule has 0 fully saturated rings. The van der Waals surface area contributed by atoms with Crippen molar-refractivity contribution in [1.82, 2.24) is 4.98 Å². The summed E-state index contributed by atoms with van der Waals surface area (Å²) >= 11 is 5.46. The second-order valence-electron chi connectivity index (χ2n) is 2.44. The van der Waals surface area contributed by atoms with Gasteiger partial charge in [0.05, 0.1) is 0 Å². The Morgan fingerprint density at radius 3 is 2.50 bits per heavy atom. The number of alkyl halides is 4. The van der Waals surface area contributed by atoms with Crippen LogP contribution in [0.3, 0.4) is 0 Å². The minimum absolute atomic E-state index is 0.188. The summed E-state index contributed by atoms with van der Waals surface area (Å²) in [6, 6.07) is 2.81. The Morgan fingerprint density at radius 2 is 2.07 bits per heavy atom. The average Bonchev–Trinajstić information content (AvgIpc) is 2.19. The van der Waals surface area contributed by atoms with Gasteiger partial charge in [-0.25, -0.2) is 13.8 Å². The summed E-state index contributed by atoms with van der Waals surface area (Å²) in [5.41, 5.74) is 0.700. The number of rotatable bonds is 4. The number of pyridine rings is 1. The van der Waals surface area contributed by atoms with Crippen LogP contribution in [0.5, 0.6) is 5.88 Å². The van der Waals surface area contributed by atoms with E-state index in [0.29, 0.717) is 5.56 Å². The van der Waals surface area contributed by atoms with E-state index < -0.39 is 12.8 Å². The van der Waals surface area contributed by atoms with Gasteiger partial charge in [0.2, 0.25) is 5.88 Å². The highest BCUT2D eigenvalue weighted by Gasteiger charge is 2.21. The molecule has 6 heteroatoms. The van der Waals surface area contributed by atoms with Gasteiger partial charge in [-0.3, -0.25) is 0 Å². The molecule has 1 aromatic heterocycles. The maximum atomic E-state index is 12.4. The van der Waals surface area contributed by atoms with E-state index in [-0.39, 0.29) is 11.8 Å². The number of hydrogen-bond acceptors (Lipinski definition) is 2. The summed E-state index contributed by atoms with van der Waals surface area (Å²) in [6.07, 6.45) is -4.49. The monoisotopic (exact) mass is 225 g/mol. The van der Waals surface area contributed by atoms with Crippen molar-refractivity contribution in [1.29, 1.82) is 0 Å². The maximum absolute atomic E-state index is 12.4. The zero-order valence-electron chi connectivity index (χ0n) is 6.96. The smallest absolute Gasteiger partial charge is 0.304 e. The first-order valence-electron chi connectivity index (χ1n) is 3.73. The van der Waals surface area contributed by atoms with Gasteiger partial charge in [-0.15, -0.1) is 11.6 Å². The summed E-state index contributed by atoms with van der Waals surface area (Å²) < 4.78 is 40.0. The molecular formula is C8H7ClF3NO. The number of nitrogens with zero attached hydrogens (tertiary/aromatic N) is 1. The molecule has 14 heavy (non-hydrogen) atoms. The van der Waals surface area contributed by atoms with Gasteiger partial charge >= 0.3 is 6.43 Å². The van der Waals surface area contributed by atoms with Crippen LogP contribution in [0, 0.1) is 0 Å². The molecule has 1 unspecified atom stereocenters. The Labute approximate surface area is 83.7 Å². The van der Waals surface area contributed by atoms with Gasteiger partial charge in [-0.1, -0.05) is 6.07 Å². The molecule has 78 valence electrons. The fraction of sp³-hybridized carbons (Fsp3) is 0.375. The van der Waals surface area contributed by atoms with Crippen molar-refractivity contribution in [3.63, 3.8) is 0 Å². The molecule has 0 amide bonds. The van der Waals surface area contributed by atoms with E-state index in [4.69, 9.17) is 11.6 Å². The SMILES string of the molecule is FC(F)C(F)Oc1ccc(CCl)cn1. The number of hydrogen-bond donors (Lipinski definition) is 0. The highest BCUT2D eigenvalue weighted by atomic mass is 35.5. The van der Waals surface area contributed by atoms with Gasteiger partial charge in [0.25, 0.3) is 6.36 Å². The molecule has 1 aromatic rings. The Hall–Kier alpha value is -0.970. The topological polar surface area (TPSA) is 22.1 Å². The van der Waals surface area contributed by atoms with E-state index in [9.17, 15) is 13.2 Å². The van der Waals surface area contributed by atoms with Gasteiger partial charge < -0.3 is 4.74 Å². The first-order valence-corrected chi connectivity index (χ1v) is 4.26. The number of aromatic nitrogens is 1. The summed E-state index contributed by atoms with van der Waals surface area (Å²) in [5, 5.41) is 0. The van der Waals surface area contributed by atoms with Crippen LogP contribution in [0.4, 0.5) is 13.2 Å². The number of halogens is 4. The van der Waals surface area contributed by atoms with Crippen molar-refractivity contribution >= 4 is 11.6 Å². The molecule has 0 N–H and O–H groups in total. The summed E-state index contributed by atoms with van der Waals surface area (Å²) in [4.78, 5) is 3.59. The first kappa shape index (κ1) is 11.1. The van der Waals surface area contributed by atoms with Crippen LogP contribution < -0.4 is 4.74 Å². The van der Waals surface area contributed by atoms with E-state index in [0.717, 1.165) is 0 Å². The third kappa shape index (κ3) is 3.06. The van der Waals surface area contributed by atoms with Crippen LogP contribution in [-0.2, 0) is 5.88 Å². The second kappa shape index (κ2) is 5.05. The van der Waals surface area contributed by atoms with Crippen molar-refractivity contribution in [2.24, 2.45) is 0 Å². The molecule has 2 nitrogen and oxygen atoms in total. The zero-order chi connectivity index (χ0) is 10.6. The van der Waals surface area contributed by atoms with Crippen LogP contribution in [0.15, 0.2) is 18.3 Å². The second-order valence-corrected chi connectivity index (χ2v) is 2.71. The first-order chi connectivity index (χ1) is 6.63. The maximum Gasteiger partial charge on any atom is 0.304 e. The summed E-state index contributed by atoms with van der Waals surface area (Å²) in [6.45, 7) is 0. The molecule has 0 spiro atoms. The Bertz CT molecular complexity index is 280. The number of ether oxygens (including phenoxy) is 1. The average molecular weight is 226 g/mol. The van der Waals surface area contributed by atoms with E-state index in [1.807, 2.05) is 0 Å². The van der Waals surface area contributed by atoms with E-state index in [2.05, 4.69) is 9.72 Å². The van der Waals surface area contributed by atoms with Crippen LogP contribution in [0.1, 0.15) is 5.56 Å². The van der Waals surface area contributed by atoms with Crippen molar-refractivity contribution in [3.8, 4) is 5.88 Å². The van der Waals surface area contributed by atoms with E-state index in [1.54, 1.807) is 0 Å². The molecule has 1 rings (SSSR count). The molecule has 0 saturated heterocycles. The van der Waals surface area contributed by atoms with E-state index in [1.165, 1.54) is 18.3 Å². The summed E-state index contributed by atoms with van der Waals surface area (Å²) in [7, 11) is 0. The lowest BCUT2D eigenvalue weighted by atomic mass is 10.3. The molecule has 0 bridgehead atoms. The molecule has 0 aromatic carbocycles. The van der Waals surface area contributed by atoms with Gasteiger partial charge in [0, 0.05) is 18.1 Å². The minimum Gasteiger partial charge on any atom is -0.437 e. The molecular weight excluding hydrogens is 219 g/mol. The fourth-order valence-corrected chi connectivity index (χ4v) is 0.885. The van der Waals surface area contributed by atoms with Crippen molar-refractivity contribution in [2.75, 3.05) is 0 Å². The van der Waals surface area contributed by atoms with Crippen molar-refractivity contribution in [3.05, 3.63) is 23.9 Å². The molecule has 1 atom stereocenters.